The molecule has 0 radical (unpaired) electrons. The van der Waals surface area contributed by atoms with Crippen molar-refractivity contribution >= 4 is 11.6 Å². The fourth-order valence-electron chi connectivity index (χ4n) is 2.10. The second kappa shape index (κ2) is 6.42. The first-order chi connectivity index (χ1) is 10.7. The van der Waals surface area contributed by atoms with E-state index in [1.54, 1.807) is 24.3 Å². The van der Waals surface area contributed by atoms with E-state index in [-0.39, 0.29) is 5.69 Å². The second-order valence-corrected chi connectivity index (χ2v) is 5.50. The molecule has 0 unspecified atom stereocenters. The number of nitrogens with zero attached hydrogens (tertiary/aromatic N) is 1. The largest absolute Gasteiger partial charge is 0.416 e. The average Bonchev–Trinajstić information content (AvgIpc) is 2.53. The van der Waals surface area contributed by atoms with Crippen LogP contribution in [0.1, 0.15) is 41.3 Å². The molecule has 23 heavy (non-hydrogen) atoms. The summed E-state index contributed by atoms with van der Waals surface area (Å²) < 4.78 is 38.2. The molecule has 0 fully saturated rings. The van der Waals surface area contributed by atoms with Gasteiger partial charge in [-0.1, -0.05) is 32.0 Å². The summed E-state index contributed by atoms with van der Waals surface area (Å²) in [5.74, 6) is 5.44. The Hall–Kier alpha value is -2.34. The number of hydrazine groups is 1. The molecule has 0 aliphatic heterocycles. The average molecular weight is 322 g/mol. The van der Waals surface area contributed by atoms with Crippen LogP contribution in [-0.2, 0) is 6.18 Å². The highest BCUT2D eigenvalue weighted by atomic mass is 19.4. The quantitative estimate of drug-likeness (QED) is 0.519. The Morgan fingerprint density at radius 2 is 1.70 bits per heavy atom. The predicted molar refractivity (Wildman–Crippen MR) is 83.0 cm³/mol. The summed E-state index contributed by atoms with van der Waals surface area (Å²) in [7, 11) is 0. The van der Waals surface area contributed by atoms with Crippen LogP contribution >= 0.6 is 0 Å². The van der Waals surface area contributed by atoms with Crippen molar-refractivity contribution in [3.63, 3.8) is 0 Å². The summed E-state index contributed by atoms with van der Waals surface area (Å²) in [4.78, 5) is 12.3. The Balaban J connectivity index is 2.26. The first-order valence-electron chi connectivity index (χ1n) is 7.06. The van der Waals surface area contributed by atoms with Gasteiger partial charge in [-0.3, -0.25) is 4.79 Å². The van der Waals surface area contributed by atoms with Crippen molar-refractivity contribution in [2.45, 2.75) is 25.9 Å². The van der Waals surface area contributed by atoms with E-state index in [0.29, 0.717) is 11.5 Å². The van der Waals surface area contributed by atoms with Gasteiger partial charge in [0.1, 0.15) is 0 Å². The maximum Gasteiger partial charge on any atom is 0.416 e. The van der Waals surface area contributed by atoms with Crippen molar-refractivity contribution < 1.29 is 18.0 Å². The Morgan fingerprint density at radius 1 is 1.09 bits per heavy atom. The van der Waals surface area contributed by atoms with E-state index in [2.05, 4.69) is 0 Å². The number of rotatable bonds is 3. The van der Waals surface area contributed by atoms with E-state index in [1.165, 1.54) is 12.1 Å². The van der Waals surface area contributed by atoms with E-state index in [9.17, 15) is 18.0 Å². The minimum atomic E-state index is -4.49. The van der Waals surface area contributed by atoms with Crippen molar-refractivity contribution in [3.05, 3.63) is 65.2 Å². The highest BCUT2D eigenvalue weighted by Gasteiger charge is 2.31. The molecule has 3 nitrogen and oxygen atoms in total. The number of hydrogen-bond acceptors (Lipinski definition) is 2. The molecular weight excluding hydrogens is 305 g/mol. The standard InChI is InChI=1S/C17H17F3N2O/c1-11(2)12-6-8-13(9-7-12)16(23)22(21)15-5-3-4-14(10-15)17(18,19)20/h3-11H,21H2,1-2H3. The number of alkyl halides is 3. The number of amides is 1. The van der Waals surface area contributed by atoms with Crippen molar-refractivity contribution in [3.8, 4) is 0 Å². The van der Waals surface area contributed by atoms with Gasteiger partial charge in [0.15, 0.2) is 0 Å². The summed E-state index contributed by atoms with van der Waals surface area (Å²) in [6.45, 7) is 4.05. The lowest BCUT2D eigenvalue weighted by Crippen LogP contribution is -2.37. The van der Waals surface area contributed by atoms with Crippen LogP contribution in [-0.4, -0.2) is 5.91 Å². The number of carbonyl (C=O) groups is 1. The Labute approximate surface area is 132 Å². The van der Waals surface area contributed by atoms with E-state index in [0.717, 1.165) is 22.7 Å². The number of halogens is 3. The second-order valence-electron chi connectivity index (χ2n) is 5.50. The molecule has 2 rings (SSSR count). The van der Waals surface area contributed by atoms with Gasteiger partial charge in [-0.05, 0) is 41.8 Å². The molecule has 122 valence electrons. The zero-order valence-electron chi connectivity index (χ0n) is 12.8. The summed E-state index contributed by atoms with van der Waals surface area (Å²) in [6, 6.07) is 11.2. The zero-order chi connectivity index (χ0) is 17.2. The fourth-order valence-corrected chi connectivity index (χ4v) is 2.10. The first-order valence-corrected chi connectivity index (χ1v) is 7.06. The lowest BCUT2D eigenvalue weighted by molar-refractivity contribution is -0.137. The van der Waals surface area contributed by atoms with Crippen molar-refractivity contribution in [1.82, 2.24) is 0 Å². The van der Waals surface area contributed by atoms with Gasteiger partial charge in [0.25, 0.3) is 5.91 Å². The lowest BCUT2D eigenvalue weighted by atomic mass is 10.0. The third kappa shape index (κ3) is 3.90. The molecular formula is C17H17F3N2O. The van der Waals surface area contributed by atoms with Crippen LogP contribution in [0.15, 0.2) is 48.5 Å². The van der Waals surface area contributed by atoms with Gasteiger partial charge in [-0.25, -0.2) is 10.9 Å². The van der Waals surface area contributed by atoms with Crippen LogP contribution < -0.4 is 10.9 Å². The topological polar surface area (TPSA) is 46.3 Å². The van der Waals surface area contributed by atoms with Crippen molar-refractivity contribution in [1.29, 1.82) is 0 Å². The maximum atomic E-state index is 12.7. The minimum absolute atomic E-state index is 0.0160. The van der Waals surface area contributed by atoms with Crippen LogP contribution in [0.3, 0.4) is 0 Å². The fraction of sp³-hybridized carbons (Fsp3) is 0.235. The summed E-state index contributed by atoms with van der Waals surface area (Å²) >= 11 is 0. The van der Waals surface area contributed by atoms with Crippen LogP contribution in [0.2, 0.25) is 0 Å². The van der Waals surface area contributed by atoms with Crippen LogP contribution in [0.5, 0.6) is 0 Å². The molecule has 2 N–H and O–H groups in total. The molecule has 2 aromatic rings. The van der Waals surface area contributed by atoms with Gasteiger partial charge in [-0.15, -0.1) is 0 Å². The number of hydrogen-bond donors (Lipinski definition) is 1. The molecule has 0 saturated carbocycles. The monoisotopic (exact) mass is 322 g/mol. The highest BCUT2D eigenvalue weighted by Crippen LogP contribution is 2.31. The summed E-state index contributed by atoms with van der Waals surface area (Å²) in [6.07, 6.45) is -4.49. The van der Waals surface area contributed by atoms with E-state index in [4.69, 9.17) is 5.84 Å². The SMILES string of the molecule is CC(C)c1ccc(C(=O)N(N)c2cccc(C(F)(F)F)c2)cc1. The van der Waals surface area contributed by atoms with E-state index < -0.39 is 17.6 Å². The van der Waals surface area contributed by atoms with Gasteiger partial charge in [0.2, 0.25) is 0 Å². The smallest absolute Gasteiger partial charge is 0.267 e. The predicted octanol–water partition coefficient (Wildman–Crippen LogP) is 4.35. The molecule has 0 spiro atoms. The van der Waals surface area contributed by atoms with Crippen LogP contribution in [0.4, 0.5) is 18.9 Å². The molecule has 2 aromatic carbocycles. The lowest BCUT2D eigenvalue weighted by Gasteiger charge is -2.18. The Morgan fingerprint density at radius 3 is 2.22 bits per heavy atom. The maximum absolute atomic E-state index is 12.7. The van der Waals surface area contributed by atoms with Gasteiger partial charge in [0.05, 0.1) is 11.3 Å². The molecule has 0 heterocycles. The van der Waals surface area contributed by atoms with Crippen molar-refractivity contribution in [2.75, 3.05) is 5.01 Å². The van der Waals surface area contributed by atoms with Crippen molar-refractivity contribution in [2.24, 2.45) is 5.84 Å². The molecule has 0 aliphatic rings. The van der Waals surface area contributed by atoms with E-state index >= 15 is 0 Å². The molecule has 6 heteroatoms. The number of anilines is 1. The molecule has 0 saturated heterocycles. The Bertz CT molecular complexity index is 694. The highest BCUT2D eigenvalue weighted by molar-refractivity contribution is 6.05. The van der Waals surface area contributed by atoms with Gasteiger partial charge >= 0.3 is 6.18 Å². The Kier molecular flexibility index (Phi) is 4.75. The molecule has 0 atom stereocenters. The van der Waals surface area contributed by atoms with Gasteiger partial charge in [-0.2, -0.15) is 13.2 Å². The number of benzene rings is 2. The normalized spacial score (nSPS) is 11.6. The van der Waals surface area contributed by atoms with Gasteiger partial charge < -0.3 is 0 Å². The third-order valence-electron chi connectivity index (χ3n) is 3.49. The van der Waals surface area contributed by atoms with Crippen LogP contribution in [0, 0.1) is 0 Å². The molecule has 1 amide bonds. The minimum Gasteiger partial charge on any atom is -0.267 e. The zero-order valence-corrected chi connectivity index (χ0v) is 12.8. The summed E-state index contributed by atoms with van der Waals surface area (Å²) in [5.41, 5.74) is 0.504. The van der Waals surface area contributed by atoms with Gasteiger partial charge in [0, 0.05) is 5.56 Å². The van der Waals surface area contributed by atoms with E-state index in [1.807, 2.05) is 13.8 Å². The van der Waals surface area contributed by atoms with Crippen LogP contribution in [0.25, 0.3) is 0 Å². The number of carbonyl (C=O) groups excluding carboxylic acids is 1. The first kappa shape index (κ1) is 17.0. The molecule has 0 aromatic heterocycles. The summed E-state index contributed by atoms with van der Waals surface area (Å²) in [5, 5.41) is 0.722. The third-order valence-corrected chi connectivity index (χ3v) is 3.49. The molecule has 0 aliphatic carbocycles. The molecule has 0 bridgehead atoms. The number of nitrogens with two attached hydrogens (primary N) is 1.